The van der Waals surface area contributed by atoms with Crippen LogP contribution in [0.5, 0.6) is 17.2 Å². The van der Waals surface area contributed by atoms with Gasteiger partial charge in [0.1, 0.15) is 17.2 Å². The molecule has 2 aromatic carbocycles. The van der Waals surface area contributed by atoms with Crippen LogP contribution >= 0.6 is 0 Å². The van der Waals surface area contributed by atoms with Crippen molar-refractivity contribution in [2.75, 3.05) is 21.0 Å². The lowest BCUT2D eigenvalue weighted by Gasteiger charge is -2.12. The third-order valence-corrected chi connectivity index (χ3v) is 3.54. The van der Waals surface area contributed by atoms with Crippen LogP contribution in [0.15, 0.2) is 36.4 Å². The number of methoxy groups -OCH3 is 2. The van der Waals surface area contributed by atoms with Crippen LogP contribution in [0.4, 0.5) is 0 Å². The molecule has 0 aromatic heterocycles. The zero-order valence-corrected chi connectivity index (χ0v) is 13.5. The molecule has 1 N–H and O–H groups in total. The second-order valence-corrected chi connectivity index (χ2v) is 5.08. The summed E-state index contributed by atoms with van der Waals surface area (Å²) in [6.45, 7) is 1.78. The van der Waals surface area contributed by atoms with Gasteiger partial charge in [0.05, 0.1) is 12.7 Å². The fourth-order valence-corrected chi connectivity index (χ4v) is 2.21. The van der Waals surface area contributed by atoms with Crippen LogP contribution in [0.2, 0.25) is 0 Å². The summed E-state index contributed by atoms with van der Waals surface area (Å²) < 4.78 is 15.3. The van der Waals surface area contributed by atoms with Gasteiger partial charge in [-0.15, -0.1) is 0 Å². The number of hydrogen-bond acceptors (Lipinski definition) is 5. The molecule has 0 amide bonds. The molecule has 5 heteroatoms. The first-order valence-corrected chi connectivity index (χ1v) is 7.17. The highest BCUT2D eigenvalue weighted by molar-refractivity contribution is 6.00. The smallest absolute Gasteiger partial charge is 0.188 e. The van der Waals surface area contributed by atoms with Crippen molar-refractivity contribution in [3.8, 4) is 17.2 Å². The minimum absolute atomic E-state index is 0.0582. The van der Waals surface area contributed by atoms with Crippen molar-refractivity contribution in [3.63, 3.8) is 0 Å². The van der Waals surface area contributed by atoms with E-state index in [1.165, 1.54) is 7.11 Å². The molecular weight excluding hydrogens is 296 g/mol. The van der Waals surface area contributed by atoms with Crippen molar-refractivity contribution >= 4 is 5.78 Å². The molecule has 0 heterocycles. The van der Waals surface area contributed by atoms with Gasteiger partial charge in [-0.25, -0.2) is 0 Å². The van der Waals surface area contributed by atoms with Crippen molar-refractivity contribution < 1.29 is 24.1 Å². The van der Waals surface area contributed by atoms with E-state index < -0.39 is 0 Å². The maximum absolute atomic E-state index is 12.4. The summed E-state index contributed by atoms with van der Waals surface area (Å²) in [6, 6.07) is 10.5. The van der Waals surface area contributed by atoms with Gasteiger partial charge in [0.2, 0.25) is 0 Å². The molecule has 0 aliphatic rings. The third-order valence-electron chi connectivity index (χ3n) is 3.54. The molecule has 0 spiro atoms. The summed E-state index contributed by atoms with van der Waals surface area (Å²) in [7, 11) is 3.11. The molecule has 0 unspecified atom stereocenters. The highest BCUT2D eigenvalue weighted by Gasteiger charge is 2.16. The van der Waals surface area contributed by atoms with Gasteiger partial charge < -0.3 is 19.3 Å². The van der Waals surface area contributed by atoms with Crippen molar-refractivity contribution in [1.82, 2.24) is 0 Å². The second kappa shape index (κ2) is 7.65. The Bertz CT molecular complexity index is 677. The Kier molecular flexibility index (Phi) is 5.60. The molecule has 0 saturated carbocycles. The average Bonchev–Trinajstić information content (AvgIpc) is 2.56. The van der Waals surface area contributed by atoms with Crippen LogP contribution < -0.4 is 9.47 Å². The molecule has 0 saturated heterocycles. The number of hydrogen-bond donors (Lipinski definition) is 1. The minimum atomic E-state index is -0.158. The van der Waals surface area contributed by atoms with E-state index in [0.717, 1.165) is 11.3 Å². The highest BCUT2D eigenvalue weighted by atomic mass is 16.7. The maximum atomic E-state index is 12.4. The van der Waals surface area contributed by atoms with Crippen LogP contribution in [0.25, 0.3) is 0 Å². The predicted octanol–water partition coefficient (Wildman–Crippen LogP) is 3.12. The van der Waals surface area contributed by atoms with Gasteiger partial charge in [-0.1, -0.05) is 12.1 Å². The van der Waals surface area contributed by atoms with E-state index in [1.54, 1.807) is 38.3 Å². The summed E-state index contributed by atoms with van der Waals surface area (Å²) in [4.78, 5) is 12.4. The average molecular weight is 316 g/mol. The van der Waals surface area contributed by atoms with E-state index in [9.17, 15) is 9.90 Å². The topological polar surface area (TPSA) is 65.0 Å². The number of rotatable bonds is 7. The lowest BCUT2D eigenvalue weighted by molar-refractivity contribution is 0.0504. The zero-order chi connectivity index (χ0) is 16.8. The van der Waals surface area contributed by atoms with Crippen molar-refractivity contribution in [2.24, 2.45) is 0 Å². The fourth-order valence-electron chi connectivity index (χ4n) is 2.21. The summed E-state index contributed by atoms with van der Waals surface area (Å²) in [5, 5.41) is 10.2. The second-order valence-electron chi connectivity index (χ2n) is 5.08. The molecule has 2 aromatic rings. The maximum Gasteiger partial charge on any atom is 0.188 e. The Labute approximate surface area is 135 Å². The van der Waals surface area contributed by atoms with Crippen LogP contribution in [-0.2, 0) is 11.2 Å². The third kappa shape index (κ3) is 4.02. The minimum Gasteiger partial charge on any atom is -0.507 e. The number of carbonyl (C=O) groups is 1. The van der Waals surface area contributed by atoms with Gasteiger partial charge in [-0.05, 0) is 36.8 Å². The highest BCUT2D eigenvalue weighted by Crippen LogP contribution is 2.31. The molecular formula is C18H20O5. The largest absolute Gasteiger partial charge is 0.507 e. The van der Waals surface area contributed by atoms with E-state index >= 15 is 0 Å². The van der Waals surface area contributed by atoms with Gasteiger partial charge in [0, 0.05) is 19.1 Å². The van der Waals surface area contributed by atoms with Crippen LogP contribution in [0.3, 0.4) is 0 Å². The standard InChI is InChI=1S/C18H20O5/c1-12-17(23-11-21-2)9-8-15(18(12)20)16(19)10-13-4-6-14(22-3)7-5-13/h4-9,20H,10-11H2,1-3H3. The van der Waals surface area contributed by atoms with Gasteiger partial charge in [-0.2, -0.15) is 0 Å². The van der Waals surface area contributed by atoms with Crippen LogP contribution in [-0.4, -0.2) is 31.9 Å². The number of carbonyl (C=O) groups excluding carboxylic acids is 1. The Morgan fingerprint density at radius 2 is 1.78 bits per heavy atom. The summed E-state index contributed by atoms with van der Waals surface area (Å²) in [5.74, 6) is 1.01. The molecule has 5 nitrogen and oxygen atoms in total. The summed E-state index contributed by atoms with van der Waals surface area (Å²) in [5.41, 5.74) is 1.65. The molecule has 0 aliphatic carbocycles. The molecule has 0 radical (unpaired) electrons. The number of aromatic hydroxyl groups is 1. The molecule has 122 valence electrons. The fraction of sp³-hybridized carbons (Fsp3) is 0.278. The summed E-state index contributed by atoms with van der Waals surface area (Å²) >= 11 is 0. The van der Waals surface area contributed by atoms with E-state index in [1.807, 2.05) is 12.1 Å². The van der Waals surface area contributed by atoms with Gasteiger partial charge in [-0.3, -0.25) is 4.79 Å². The van der Waals surface area contributed by atoms with E-state index in [0.29, 0.717) is 11.3 Å². The number of phenolic OH excluding ortho intramolecular Hbond substituents is 1. The Hall–Kier alpha value is -2.53. The quantitative estimate of drug-likeness (QED) is 0.628. The van der Waals surface area contributed by atoms with Crippen molar-refractivity contribution in [1.29, 1.82) is 0 Å². The number of benzene rings is 2. The SMILES string of the molecule is COCOc1ccc(C(=O)Cc2ccc(OC)cc2)c(O)c1C. The first-order chi connectivity index (χ1) is 11.1. The van der Waals surface area contributed by atoms with Crippen molar-refractivity contribution in [3.05, 3.63) is 53.1 Å². The number of ketones is 1. The van der Waals surface area contributed by atoms with Crippen LogP contribution in [0.1, 0.15) is 21.5 Å². The normalized spacial score (nSPS) is 10.4. The zero-order valence-electron chi connectivity index (χ0n) is 13.5. The van der Waals surface area contributed by atoms with E-state index in [2.05, 4.69) is 0 Å². The number of ether oxygens (including phenoxy) is 3. The summed E-state index contributed by atoms with van der Waals surface area (Å²) in [6.07, 6.45) is 0.204. The first kappa shape index (κ1) is 16.8. The molecule has 0 bridgehead atoms. The molecule has 2 rings (SSSR count). The van der Waals surface area contributed by atoms with Gasteiger partial charge >= 0.3 is 0 Å². The van der Waals surface area contributed by atoms with Crippen molar-refractivity contribution in [2.45, 2.75) is 13.3 Å². The predicted molar refractivity (Wildman–Crippen MR) is 86.4 cm³/mol. The monoisotopic (exact) mass is 316 g/mol. The van der Waals surface area contributed by atoms with E-state index in [-0.39, 0.29) is 30.3 Å². The lowest BCUT2D eigenvalue weighted by Crippen LogP contribution is -2.06. The Morgan fingerprint density at radius 1 is 1.09 bits per heavy atom. The molecule has 0 aliphatic heterocycles. The molecule has 23 heavy (non-hydrogen) atoms. The first-order valence-electron chi connectivity index (χ1n) is 7.17. The number of phenols is 1. The number of Topliss-reactive ketones (excluding diaryl/α,β-unsaturated/α-hetero) is 1. The van der Waals surface area contributed by atoms with Gasteiger partial charge in [0.15, 0.2) is 12.6 Å². The van der Waals surface area contributed by atoms with E-state index in [4.69, 9.17) is 14.2 Å². The molecule has 0 atom stereocenters. The van der Waals surface area contributed by atoms with Gasteiger partial charge in [0.25, 0.3) is 0 Å². The lowest BCUT2D eigenvalue weighted by atomic mass is 10.00. The Balaban J connectivity index is 2.16. The molecule has 0 fully saturated rings. The Morgan fingerprint density at radius 3 is 2.39 bits per heavy atom. The van der Waals surface area contributed by atoms with Crippen LogP contribution in [0, 0.1) is 6.92 Å².